The van der Waals surface area contributed by atoms with Crippen LogP contribution >= 0.6 is 0 Å². The topological polar surface area (TPSA) is 77.9 Å². The SMILES string of the molecule is C=N[C@@]12O[C@H]1[C@@](O)([C@H](C)O)[C@@H]1O[C@H]12. The van der Waals surface area contributed by atoms with Gasteiger partial charge >= 0.3 is 0 Å². The Morgan fingerprint density at radius 1 is 1.54 bits per heavy atom. The largest absolute Gasteiger partial charge is 0.390 e. The van der Waals surface area contributed by atoms with Crippen molar-refractivity contribution >= 4 is 6.72 Å². The predicted octanol–water partition coefficient (Wildman–Crippen LogP) is -1.32. The number of fused-ring (bicyclic) bond motifs is 3. The Hall–Kier alpha value is -0.490. The van der Waals surface area contributed by atoms with Gasteiger partial charge in [-0.1, -0.05) is 0 Å². The van der Waals surface area contributed by atoms with Crippen LogP contribution < -0.4 is 0 Å². The lowest BCUT2D eigenvalue weighted by Crippen LogP contribution is -2.49. The van der Waals surface area contributed by atoms with Crippen molar-refractivity contribution in [2.75, 3.05) is 0 Å². The predicted molar refractivity (Wildman–Crippen MR) is 42.4 cm³/mol. The maximum Gasteiger partial charge on any atom is 0.217 e. The summed E-state index contributed by atoms with van der Waals surface area (Å²) in [6.07, 6.45) is -1.87. The molecule has 6 atom stereocenters. The number of rotatable bonds is 2. The van der Waals surface area contributed by atoms with E-state index in [1.54, 1.807) is 0 Å². The van der Waals surface area contributed by atoms with Crippen molar-refractivity contribution < 1.29 is 19.7 Å². The van der Waals surface area contributed by atoms with Gasteiger partial charge in [-0.3, -0.25) is 4.99 Å². The molecule has 2 saturated heterocycles. The highest BCUT2D eigenvalue weighted by Crippen LogP contribution is 2.65. The number of hydrogen-bond donors (Lipinski definition) is 2. The lowest BCUT2D eigenvalue weighted by atomic mass is 9.94. The van der Waals surface area contributed by atoms with Gasteiger partial charge < -0.3 is 19.7 Å². The smallest absolute Gasteiger partial charge is 0.217 e. The van der Waals surface area contributed by atoms with Crippen molar-refractivity contribution in [3.05, 3.63) is 0 Å². The van der Waals surface area contributed by atoms with E-state index < -0.39 is 23.5 Å². The Balaban J connectivity index is 2.00. The van der Waals surface area contributed by atoms with E-state index >= 15 is 0 Å². The molecule has 0 amide bonds. The molecule has 5 heteroatoms. The number of aliphatic hydroxyl groups is 2. The molecule has 0 unspecified atom stereocenters. The fourth-order valence-corrected chi connectivity index (χ4v) is 2.39. The van der Waals surface area contributed by atoms with Gasteiger partial charge in [0.2, 0.25) is 5.72 Å². The Kier molecular flexibility index (Phi) is 1.10. The van der Waals surface area contributed by atoms with Crippen LogP contribution in [0, 0.1) is 0 Å². The summed E-state index contributed by atoms with van der Waals surface area (Å²) in [5.74, 6) is 0. The maximum absolute atomic E-state index is 10.1. The first kappa shape index (κ1) is 7.87. The van der Waals surface area contributed by atoms with Gasteiger partial charge in [-0.25, -0.2) is 0 Å². The molecule has 2 aliphatic heterocycles. The zero-order valence-electron chi connectivity index (χ0n) is 7.17. The molecular weight excluding hydrogens is 174 g/mol. The molecular formula is C8H11NO4. The number of epoxide rings is 2. The zero-order chi connectivity index (χ0) is 9.43. The molecule has 72 valence electrons. The summed E-state index contributed by atoms with van der Waals surface area (Å²) >= 11 is 0. The summed E-state index contributed by atoms with van der Waals surface area (Å²) in [5.41, 5.74) is -2.07. The Morgan fingerprint density at radius 3 is 2.62 bits per heavy atom. The van der Waals surface area contributed by atoms with Gasteiger partial charge in [0.25, 0.3) is 0 Å². The van der Waals surface area contributed by atoms with E-state index in [1.165, 1.54) is 6.92 Å². The van der Waals surface area contributed by atoms with Crippen LogP contribution in [0.25, 0.3) is 0 Å². The third kappa shape index (κ3) is 0.604. The molecule has 0 spiro atoms. The van der Waals surface area contributed by atoms with Gasteiger partial charge in [0.1, 0.15) is 23.9 Å². The first-order valence-electron chi connectivity index (χ1n) is 4.29. The van der Waals surface area contributed by atoms with Gasteiger partial charge in [-0.15, -0.1) is 0 Å². The van der Waals surface area contributed by atoms with Crippen molar-refractivity contribution in [1.82, 2.24) is 0 Å². The fourth-order valence-electron chi connectivity index (χ4n) is 2.39. The summed E-state index contributed by atoms with van der Waals surface area (Å²) in [6, 6.07) is 0. The van der Waals surface area contributed by atoms with Gasteiger partial charge in [-0.2, -0.15) is 0 Å². The van der Waals surface area contributed by atoms with Crippen LogP contribution in [0.15, 0.2) is 4.99 Å². The lowest BCUT2D eigenvalue weighted by Gasteiger charge is -2.25. The number of aliphatic imine (C=N–C) groups is 1. The third-order valence-electron chi connectivity index (χ3n) is 3.32. The van der Waals surface area contributed by atoms with Crippen LogP contribution in [-0.2, 0) is 9.47 Å². The van der Waals surface area contributed by atoms with Crippen LogP contribution in [0.2, 0.25) is 0 Å². The van der Waals surface area contributed by atoms with E-state index in [9.17, 15) is 10.2 Å². The fraction of sp³-hybridized carbons (Fsp3) is 0.875. The molecule has 0 aromatic rings. The molecule has 2 N–H and O–H groups in total. The summed E-state index contributed by atoms with van der Waals surface area (Å²) in [7, 11) is 0. The van der Waals surface area contributed by atoms with Crippen LogP contribution in [0.4, 0.5) is 0 Å². The second-order valence-corrected chi connectivity index (χ2v) is 3.95. The van der Waals surface area contributed by atoms with Gasteiger partial charge in [0.15, 0.2) is 0 Å². The minimum atomic E-state index is -1.30. The van der Waals surface area contributed by atoms with E-state index in [0.29, 0.717) is 0 Å². The van der Waals surface area contributed by atoms with E-state index in [2.05, 4.69) is 11.7 Å². The normalized spacial score (nSPS) is 63.8. The Morgan fingerprint density at radius 2 is 2.23 bits per heavy atom. The first-order valence-corrected chi connectivity index (χ1v) is 4.29. The van der Waals surface area contributed by atoms with Gasteiger partial charge in [-0.05, 0) is 13.6 Å². The van der Waals surface area contributed by atoms with Crippen molar-refractivity contribution in [3.63, 3.8) is 0 Å². The van der Waals surface area contributed by atoms with Crippen molar-refractivity contribution in [2.45, 2.75) is 42.7 Å². The summed E-state index contributed by atoms with van der Waals surface area (Å²) < 4.78 is 10.5. The third-order valence-corrected chi connectivity index (χ3v) is 3.32. The van der Waals surface area contributed by atoms with Crippen LogP contribution in [-0.4, -0.2) is 52.7 Å². The Labute approximate surface area is 75.0 Å². The second kappa shape index (κ2) is 1.81. The van der Waals surface area contributed by atoms with Crippen molar-refractivity contribution in [2.24, 2.45) is 4.99 Å². The maximum atomic E-state index is 10.1. The zero-order valence-corrected chi connectivity index (χ0v) is 7.17. The molecule has 2 heterocycles. The number of aliphatic hydroxyl groups excluding tert-OH is 1. The minimum Gasteiger partial charge on any atom is -0.390 e. The molecule has 3 aliphatic rings. The number of ether oxygens (including phenoxy) is 2. The molecule has 5 nitrogen and oxygen atoms in total. The highest BCUT2D eigenvalue weighted by Gasteiger charge is 2.89. The number of hydrogen-bond acceptors (Lipinski definition) is 5. The first-order chi connectivity index (χ1) is 6.07. The Bertz CT molecular complexity index is 294. The molecule has 3 rings (SSSR count). The van der Waals surface area contributed by atoms with E-state index in [-0.39, 0.29) is 12.2 Å². The molecule has 0 bridgehead atoms. The standard InChI is InChI=1S/C8H11NO4/c1-3(10)7(11)4-5(12-4)8(9-2)6(7)13-8/h3-6,10-11H,2H2,1H3/t3-,4+,5+,6-,7+,8-/m0/s1. The van der Waals surface area contributed by atoms with Crippen LogP contribution in [0.5, 0.6) is 0 Å². The van der Waals surface area contributed by atoms with Gasteiger partial charge in [0.05, 0.1) is 6.10 Å². The summed E-state index contributed by atoms with van der Waals surface area (Å²) in [5, 5.41) is 19.5. The monoisotopic (exact) mass is 185 g/mol. The molecule has 13 heavy (non-hydrogen) atoms. The summed E-state index contributed by atoms with van der Waals surface area (Å²) in [6.45, 7) is 4.94. The van der Waals surface area contributed by atoms with E-state index in [4.69, 9.17) is 9.47 Å². The van der Waals surface area contributed by atoms with Crippen LogP contribution in [0.1, 0.15) is 6.92 Å². The molecule has 0 aromatic heterocycles. The lowest BCUT2D eigenvalue weighted by molar-refractivity contribution is -0.0980. The molecule has 3 fully saturated rings. The van der Waals surface area contributed by atoms with E-state index in [1.807, 2.05) is 0 Å². The summed E-state index contributed by atoms with van der Waals surface area (Å²) in [4.78, 5) is 3.83. The van der Waals surface area contributed by atoms with Crippen molar-refractivity contribution in [1.29, 1.82) is 0 Å². The average Bonchev–Trinajstić information content (AvgIpc) is 2.95. The highest BCUT2D eigenvalue weighted by atomic mass is 16.7. The quantitative estimate of drug-likeness (QED) is 0.413. The minimum absolute atomic E-state index is 0.213. The van der Waals surface area contributed by atoms with E-state index in [0.717, 1.165) is 0 Å². The van der Waals surface area contributed by atoms with Crippen LogP contribution in [0.3, 0.4) is 0 Å². The highest BCUT2D eigenvalue weighted by molar-refractivity contribution is 5.39. The van der Waals surface area contributed by atoms with Gasteiger partial charge in [0, 0.05) is 0 Å². The molecule has 0 aromatic carbocycles. The second-order valence-electron chi connectivity index (χ2n) is 3.95. The molecule has 0 radical (unpaired) electrons. The number of nitrogens with zero attached hydrogens (tertiary/aromatic N) is 1. The van der Waals surface area contributed by atoms with Crippen molar-refractivity contribution in [3.8, 4) is 0 Å². The average molecular weight is 185 g/mol. The molecule has 1 saturated carbocycles. The molecule has 1 aliphatic carbocycles.